The predicted molar refractivity (Wildman–Crippen MR) is 78.8 cm³/mol. The fraction of sp³-hybridized carbons (Fsp3) is 0.125. The monoisotopic (exact) mass is 264 g/mol. The van der Waals surface area contributed by atoms with Crippen LogP contribution in [0.15, 0.2) is 60.7 Å². The van der Waals surface area contributed by atoms with E-state index in [-0.39, 0.29) is 0 Å². The van der Waals surface area contributed by atoms with Crippen molar-refractivity contribution < 1.29 is 0 Å². The zero-order valence-electron chi connectivity index (χ0n) is 11.1. The van der Waals surface area contributed by atoms with Crippen LogP contribution in [0.4, 0.5) is 0 Å². The van der Waals surface area contributed by atoms with E-state index in [0.717, 1.165) is 23.5 Å². The normalized spacial score (nSPS) is 10.6. The molecular weight excluding hydrogens is 248 g/mol. The van der Waals surface area contributed by atoms with Gasteiger partial charge < -0.3 is 5.32 Å². The fourth-order valence-corrected chi connectivity index (χ4v) is 2.12. The number of nitrogens with one attached hydrogen (secondary N) is 2. The Labute approximate surface area is 117 Å². The lowest BCUT2D eigenvalue weighted by Crippen LogP contribution is -2.13. The maximum absolute atomic E-state index is 4.24. The fourth-order valence-electron chi connectivity index (χ4n) is 2.12. The van der Waals surface area contributed by atoms with Crippen molar-refractivity contribution in [2.45, 2.75) is 13.1 Å². The highest BCUT2D eigenvalue weighted by Gasteiger charge is 2.09. The van der Waals surface area contributed by atoms with Gasteiger partial charge in [-0.1, -0.05) is 60.7 Å². The first-order valence-corrected chi connectivity index (χ1v) is 6.63. The number of nitrogens with zero attached hydrogens (tertiary/aromatic N) is 2. The molecule has 0 amide bonds. The SMILES string of the molecule is c1ccc(CNCc2n[nH]nc2-c2ccccc2)cc1. The molecule has 0 unspecified atom stereocenters. The largest absolute Gasteiger partial charge is 0.307 e. The molecule has 0 fully saturated rings. The minimum atomic E-state index is 0.690. The maximum atomic E-state index is 4.24. The molecule has 4 heteroatoms. The lowest BCUT2D eigenvalue weighted by atomic mass is 10.1. The minimum Gasteiger partial charge on any atom is -0.307 e. The summed E-state index contributed by atoms with van der Waals surface area (Å²) in [7, 11) is 0. The molecule has 2 aromatic carbocycles. The molecule has 0 spiro atoms. The van der Waals surface area contributed by atoms with Gasteiger partial charge in [0.25, 0.3) is 0 Å². The van der Waals surface area contributed by atoms with E-state index < -0.39 is 0 Å². The zero-order chi connectivity index (χ0) is 13.6. The molecule has 0 saturated heterocycles. The van der Waals surface area contributed by atoms with Crippen LogP contribution in [0, 0.1) is 0 Å². The molecule has 1 aromatic heterocycles. The van der Waals surface area contributed by atoms with Crippen LogP contribution >= 0.6 is 0 Å². The van der Waals surface area contributed by atoms with Gasteiger partial charge in [0.15, 0.2) is 0 Å². The summed E-state index contributed by atoms with van der Waals surface area (Å²) < 4.78 is 0. The van der Waals surface area contributed by atoms with Crippen molar-refractivity contribution in [3.05, 3.63) is 71.9 Å². The van der Waals surface area contributed by atoms with Crippen molar-refractivity contribution in [3.8, 4) is 11.3 Å². The lowest BCUT2D eigenvalue weighted by Gasteiger charge is -2.04. The first-order chi connectivity index (χ1) is 9.93. The van der Waals surface area contributed by atoms with Gasteiger partial charge in [0.05, 0.1) is 0 Å². The standard InChI is InChI=1S/C16H16N4/c1-3-7-13(8-4-1)11-17-12-15-16(19-20-18-15)14-9-5-2-6-10-14/h1-10,17H,11-12H2,(H,18,19,20). The second-order valence-corrected chi connectivity index (χ2v) is 4.57. The van der Waals surface area contributed by atoms with Crippen molar-refractivity contribution in [3.63, 3.8) is 0 Å². The van der Waals surface area contributed by atoms with Crippen LogP contribution in [0.2, 0.25) is 0 Å². The number of benzene rings is 2. The van der Waals surface area contributed by atoms with Gasteiger partial charge in [-0.25, -0.2) is 0 Å². The summed E-state index contributed by atoms with van der Waals surface area (Å²) in [6.07, 6.45) is 0. The minimum absolute atomic E-state index is 0.690. The molecule has 2 N–H and O–H groups in total. The summed E-state index contributed by atoms with van der Waals surface area (Å²) in [4.78, 5) is 0. The van der Waals surface area contributed by atoms with E-state index in [4.69, 9.17) is 0 Å². The Morgan fingerprint density at radius 1 is 0.800 bits per heavy atom. The lowest BCUT2D eigenvalue weighted by molar-refractivity contribution is 0.678. The Morgan fingerprint density at radius 2 is 1.50 bits per heavy atom. The van der Waals surface area contributed by atoms with Crippen LogP contribution in [0.25, 0.3) is 11.3 Å². The molecule has 20 heavy (non-hydrogen) atoms. The van der Waals surface area contributed by atoms with Gasteiger partial charge in [0, 0.05) is 18.7 Å². The van der Waals surface area contributed by atoms with Crippen LogP contribution < -0.4 is 5.32 Å². The van der Waals surface area contributed by atoms with Crippen LogP contribution in [-0.2, 0) is 13.1 Å². The summed E-state index contributed by atoms with van der Waals surface area (Å²) in [5.41, 5.74) is 4.19. The molecule has 0 aliphatic rings. The Morgan fingerprint density at radius 3 is 2.25 bits per heavy atom. The molecule has 3 rings (SSSR count). The Bertz CT molecular complexity index is 647. The van der Waals surface area contributed by atoms with E-state index in [1.54, 1.807) is 0 Å². The van der Waals surface area contributed by atoms with E-state index in [1.165, 1.54) is 5.56 Å². The number of H-pyrrole nitrogens is 1. The third-order valence-corrected chi connectivity index (χ3v) is 3.13. The predicted octanol–water partition coefficient (Wildman–Crippen LogP) is 2.76. The Kier molecular flexibility index (Phi) is 3.85. The van der Waals surface area contributed by atoms with Gasteiger partial charge in [-0.3, -0.25) is 0 Å². The summed E-state index contributed by atoms with van der Waals surface area (Å²) in [5.74, 6) is 0. The third kappa shape index (κ3) is 2.92. The molecule has 100 valence electrons. The first-order valence-electron chi connectivity index (χ1n) is 6.63. The number of rotatable bonds is 5. The summed E-state index contributed by atoms with van der Waals surface area (Å²) >= 11 is 0. The highest BCUT2D eigenvalue weighted by molar-refractivity contribution is 5.60. The summed E-state index contributed by atoms with van der Waals surface area (Å²) in [6, 6.07) is 20.4. The van der Waals surface area contributed by atoms with Crippen molar-refractivity contribution >= 4 is 0 Å². The molecule has 1 heterocycles. The average molecular weight is 264 g/mol. The van der Waals surface area contributed by atoms with Gasteiger partial charge in [-0.2, -0.15) is 15.4 Å². The highest BCUT2D eigenvalue weighted by Crippen LogP contribution is 2.18. The van der Waals surface area contributed by atoms with Crippen LogP contribution in [0.3, 0.4) is 0 Å². The van der Waals surface area contributed by atoms with Gasteiger partial charge in [0.1, 0.15) is 11.4 Å². The second-order valence-electron chi connectivity index (χ2n) is 4.57. The van der Waals surface area contributed by atoms with E-state index >= 15 is 0 Å². The Balaban J connectivity index is 1.66. The van der Waals surface area contributed by atoms with E-state index in [1.807, 2.05) is 48.5 Å². The zero-order valence-corrected chi connectivity index (χ0v) is 11.1. The maximum Gasteiger partial charge on any atom is 0.117 e. The third-order valence-electron chi connectivity index (χ3n) is 3.13. The van der Waals surface area contributed by atoms with Gasteiger partial charge in [0.2, 0.25) is 0 Å². The molecule has 3 aromatic rings. The summed E-state index contributed by atoms with van der Waals surface area (Å²) in [5, 5.41) is 14.6. The van der Waals surface area contributed by atoms with Crippen molar-refractivity contribution in [1.29, 1.82) is 0 Å². The molecule has 0 radical (unpaired) electrons. The molecule has 0 saturated carbocycles. The summed E-state index contributed by atoms with van der Waals surface area (Å²) in [6.45, 7) is 1.51. The van der Waals surface area contributed by atoms with Crippen molar-refractivity contribution in [2.24, 2.45) is 0 Å². The molecule has 4 nitrogen and oxygen atoms in total. The molecule has 0 atom stereocenters. The number of aromatic amines is 1. The number of hydrogen-bond acceptors (Lipinski definition) is 3. The quantitative estimate of drug-likeness (QED) is 0.745. The number of hydrogen-bond donors (Lipinski definition) is 2. The average Bonchev–Trinajstić information content (AvgIpc) is 2.98. The van der Waals surface area contributed by atoms with Gasteiger partial charge >= 0.3 is 0 Å². The van der Waals surface area contributed by atoms with Crippen molar-refractivity contribution in [1.82, 2.24) is 20.7 Å². The topological polar surface area (TPSA) is 53.6 Å². The molecule has 0 bridgehead atoms. The highest BCUT2D eigenvalue weighted by atomic mass is 15.3. The van der Waals surface area contributed by atoms with Crippen LogP contribution in [0.5, 0.6) is 0 Å². The number of aromatic nitrogens is 3. The van der Waals surface area contributed by atoms with Crippen molar-refractivity contribution in [2.75, 3.05) is 0 Å². The first kappa shape index (κ1) is 12.6. The van der Waals surface area contributed by atoms with Gasteiger partial charge in [-0.15, -0.1) is 0 Å². The van der Waals surface area contributed by atoms with E-state index in [9.17, 15) is 0 Å². The van der Waals surface area contributed by atoms with Crippen LogP contribution in [0.1, 0.15) is 11.3 Å². The Hall–Kier alpha value is -2.46. The molecule has 0 aliphatic heterocycles. The van der Waals surface area contributed by atoms with E-state index in [0.29, 0.717) is 6.54 Å². The smallest absolute Gasteiger partial charge is 0.117 e. The molecular formula is C16H16N4. The second kappa shape index (κ2) is 6.12. The van der Waals surface area contributed by atoms with E-state index in [2.05, 4.69) is 32.9 Å². The van der Waals surface area contributed by atoms with Crippen LogP contribution in [-0.4, -0.2) is 15.4 Å². The van der Waals surface area contributed by atoms with Gasteiger partial charge in [-0.05, 0) is 5.56 Å². The molecule has 0 aliphatic carbocycles.